The standard InChI is InChI=1S/C25H22N6O5/c1-29(16-3-6-21-14(10-16)8-9-36-21)25(35)19-13-31(28-27-19)17-2-4-18-15(11-17)12-30(24(18)34)20-5-7-22(32)26-23(20)33/h2-4,6,10-11,13,20H,5,7-9,12H2,1H3,(H,26,32,33). The lowest BCUT2D eigenvalue weighted by Crippen LogP contribution is -2.52. The maximum atomic E-state index is 13.1. The van der Waals surface area contributed by atoms with Crippen molar-refractivity contribution < 1.29 is 23.9 Å². The predicted molar refractivity (Wildman–Crippen MR) is 126 cm³/mol. The van der Waals surface area contributed by atoms with Gasteiger partial charge in [-0.1, -0.05) is 5.21 Å². The Balaban J connectivity index is 1.20. The fourth-order valence-corrected chi connectivity index (χ4v) is 4.86. The number of hydrogen-bond donors (Lipinski definition) is 1. The second kappa shape index (κ2) is 8.29. The van der Waals surface area contributed by atoms with Gasteiger partial charge >= 0.3 is 0 Å². The molecule has 1 saturated heterocycles. The van der Waals surface area contributed by atoms with Gasteiger partial charge in [0.2, 0.25) is 11.8 Å². The average molecular weight is 486 g/mol. The number of carbonyl (C=O) groups excluding carboxylic acids is 4. The average Bonchev–Trinajstić information content (AvgIpc) is 3.62. The molecule has 1 aromatic heterocycles. The van der Waals surface area contributed by atoms with Gasteiger partial charge in [-0.25, -0.2) is 4.68 Å². The molecule has 2 aromatic carbocycles. The zero-order valence-electron chi connectivity index (χ0n) is 19.4. The van der Waals surface area contributed by atoms with Crippen LogP contribution in [0.3, 0.4) is 0 Å². The summed E-state index contributed by atoms with van der Waals surface area (Å²) in [4.78, 5) is 52.7. The second-order valence-electron chi connectivity index (χ2n) is 9.04. The van der Waals surface area contributed by atoms with E-state index in [2.05, 4.69) is 15.6 Å². The van der Waals surface area contributed by atoms with Gasteiger partial charge in [0.1, 0.15) is 11.8 Å². The van der Waals surface area contributed by atoms with E-state index < -0.39 is 11.9 Å². The van der Waals surface area contributed by atoms with Gasteiger partial charge in [-0.15, -0.1) is 5.10 Å². The third-order valence-electron chi connectivity index (χ3n) is 6.85. The van der Waals surface area contributed by atoms with Crippen molar-refractivity contribution in [1.82, 2.24) is 25.2 Å². The van der Waals surface area contributed by atoms with Crippen LogP contribution in [0.5, 0.6) is 5.75 Å². The lowest BCUT2D eigenvalue weighted by atomic mass is 10.0. The molecular formula is C25H22N6O5. The van der Waals surface area contributed by atoms with E-state index in [4.69, 9.17) is 4.74 Å². The van der Waals surface area contributed by atoms with Crippen LogP contribution in [0, 0.1) is 0 Å². The molecule has 1 N–H and O–H groups in total. The fourth-order valence-electron chi connectivity index (χ4n) is 4.86. The highest BCUT2D eigenvalue weighted by Crippen LogP contribution is 2.31. The molecule has 11 nitrogen and oxygen atoms in total. The number of aromatic nitrogens is 3. The molecule has 3 aliphatic rings. The highest BCUT2D eigenvalue weighted by molar-refractivity contribution is 6.06. The lowest BCUT2D eigenvalue weighted by molar-refractivity contribution is -0.136. The van der Waals surface area contributed by atoms with Crippen LogP contribution in [-0.2, 0) is 22.6 Å². The van der Waals surface area contributed by atoms with Crippen molar-refractivity contribution in [1.29, 1.82) is 0 Å². The quantitative estimate of drug-likeness (QED) is 0.550. The summed E-state index contributed by atoms with van der Waals surface area (Å²) in [5, 5.41) is 10.5. The summed E-state index contributed by atoms with van der Waals surface area (Å²) in [6.07, 6.45) is 2.86. The minimum absolute atomic E-state index is 0.177. The number of nitrogens with one attached hydrogen (secondary N) is 1. The Morgan fingerprint density at radius 2 is 1.97 bits per heavy atom. The molecule has 1 fully saturated rings. The molecule has 6 rings (SSSR count). The second-order valence-corrected chi connectivity index (χ2v) is 9.04. The molecule has 3 aliphatic heterocycles. The normalized spacial score (nSPS) is 18.5. The van der Waals surface area contributed by atoms with Crippen molar-refractivity contribution >= 4 is 29.3 Å². The van der Waals surface area contributed by atoms with E-state index >= 15 is 0 Å². The van der Waals surface area contributed by atoms with Gasteiger partial charge in [-0.2, -0.15) is 0 Å². The number of anilines is 1. The van der Waals surface area contributed by atoms with E-state index in [9.17, 15) is 19.2 Å². The fraction of sp³-hybridized carbons (Fsp3) is 0.280. The Morgan fingerprint density at radius 1 is 1.11 bits per heavy atom. The van der Waals surface area contributed by atoms with E-state index in [1.54, 1.807) is 31.4 Å². The Hall–Kier alpha value is -4.54. The first-order valence-electron chi connectivity index (χ1n) is 11.6. The minimum Gasteiger partial charge on any atom is -0.493 e. The molecule has 36 heavy (non-hydrogen) atoms. The zero-order valence-corrected chi connectivity index (χ0v) is 19.4. The number of fused-ring (bicyclic) bond motifs is 2. The monoisotopic (exact) mass is 486 g/mol. The van der Waals surface area contributed by atoms with E-state index in [1.165, 1.54) is 14.5 Å². The van der Waals surface area contributed by atoms with Gasteiger partial charge < -0.3 is 14.5 Å². The molecule has 1 unspecified atom stereocenters. The van der Waals surface area contributed by atoms with Crippen LogP contribution in [0.15, 0.2) is 42.6 Å². The van der Waals surface area contributed by atoms with E-state index in [1.807, 2.05) is 18.2 Å². The van der Waals surface area contributed by atoms with Crippen molar-refractivity contribution in [3.63, 3.8) is 0 Å². The van der Waals surface area contributed by atoms with Crippen LogP contribution in [-0.4, -0.2) is 63.2 Å². The number of benzene rings is 2. The Kier molecular flexibility index (Phi) is 5.06. The van der Waals surface area contributed by atoms with Crippen molar-refractivity contribution in [2.24, 2.45) is 0 Å². The summed E-state index contributed by atoms with van der Waals surface area (Å²) in [6.45, 7) is 0.891. The Bertz CT molecular complexity index is 1450. The van der Waals surface area contributed by atoms with Crippen LogP contribution in [0.1, 0.15) is 44.8 Å². The number of carbonyl (C=O) groups is 4. The maximum Gasteiger partial charge on any atom is 0.280 e. The zero-order chi connectivity index (χ0) is 25.0. The molecular weight excluding hydrogens is 464 g/mol. The number of rotatable bonds is 4. The van der Waals surface area contributed by atoms with Crippen molar-refractivity contribution in [3.05, 3.63) is 65.0 Å². The summed E-state index contributed by atoms with van der Waals surface area (Å²) in [7, 11) is 1.68. The molecule has 0 radical (unpaired) electrons. The van der Waals surface area contributed by atoms with Crippen LogP contribution in [0.25, 0.3) is 5.69 Å². The first-order valence-corrected chi connectivity index (χ1v) is 11.6. The van der Waals surface area contributed by atoms with Crippen LogP contribution < -0.4 is 15.0 Å². The molecule has 0 bridgehead atoms. The molecule has 11 heteroatoms. The molecule has 1 atom stereocenters. The smallest absolute Gasteiger partial charge is 0.280 e. The van der Waals surface area contributed by atoms with Gasteiger partial charge in [0, 0.05) is 37.7 Å². The van der Waals surface area contributed by atoms with Crippen molar-refractivity contribution in [2.75, 3.05) is 18.6 Å². The number of nitrogens with zero attached hydrogens (tertiary/aromatic N) is 5. The predicted octanol–water partition coefficient (Wildman–Crippen LogP) is 1.24. The van der Waals surface area contributed by atoms with Crippen LogP contribution in [0.4, 0.5) is 5.69 Å². The molecule has 0 saturated carbocycles. The van der Waals surface area contributed by atoms with Crippen molar-refractivity contribution in [2.45, 2.75) is 31.8 Å². The van der Waals surface area contributed by atoms with E-state index in [0.717, 1.165) is 29.0 Å². The first kappa shape index (κ1) is 22.0. The Morgan fingerprint density at radius 3 is 2.81 bits per heavy atom. The summed E-state index contributed by atoms with van der Waals surface area (Å²) in [6, 6.07) is 10.2. The lowest BCUT2D eigenvalue weighted by Gasteiger charge is -2.29. The Labute approximate surface area is 205 Å². The van der Waals surface area contributed by atoms with Crippen LogP contribution >= 0.6 is 0 Å². The highest BCUT2D eigenvalue weighted by Gasteiger charge is 2.39. The van der Waals surface area contributed by atoms with Gasteiger partial charge in [-0.3, -0.25) is 24.5 Å². The van der Waals surface area contributed by atoms with Gasteiger partial charge in [0.25, 0.3) is 11.8 Å². The summed E-state index contributed by atoms with van der Waals surface area (Å²) < 4.78 is 7.02. The van der Waals surface area contributed by atoms with Crippen LogP contribution in [0.2, 0.25) is 0 Å². The molecule has 4 amide bonds. The summed E-state index contributed by atoms with van der Waals surface area (Å²) in [5.74, 6) is -0.485. The molecule has 3 aromatic rings. The molecule has 182 valence electrons. The van der Waals surface area contributed by atoms with E-state index in [0.29, 0.717) is 24.3 Å². The minimum atomic E-state index is -0.678. The first-order chi connectivity index (χ1) is 17.4. The summed E-state index contributed by atoms with van der Waals surface area (Å²) in [5.41, 5.74) is 3.85. The number of ether oxygens (including phenoxy) is 1. The molecule has 4 heterocycles. The molecule has 0 spiro atoms. The molecule has 0 aliphatic carbocycles. The number of imide groups is 1. The topological polar surface area (TPSA) is 127 Å². The van der Waals surface area contributed by atoms with Gasteiger partial charge in [0.15, 0.2) is 5.69 Å². The van der Waals surface area contributed by atoms with Gasteiger partial charge in [0.05, 0.1) is 18.5 Å². The third kappa shape index (κ3) is 3.60. The van der Waals surface area contributed by atoms with Gasteiger partial charge in [-0.05, 0) is 53.9 Å². The largest absolute Gasteiger partial charge is 0.493 e. The number of piperidine rings is 1. The highest BCUT2D eigenvalue weighted by atomic mass is 16.5. The number of hydrogen-bond acceptors (Lipinski definition) is 7. The SMILES string of the molecule is CN(C(=O)c1cn(-c2ccc3c(c2)CN(C2CCC(=O)NC2=O)C3=O)nn1)c1ccc2c(c1)CCO2. The maximum absolute atomic E-state index is 13.1. The summed E-state index contributed by atoms with van der Waals surface area (Å²) >= 11 is 0. The third-order valence-corrected chi connectivity index (χ3v) is 6.85. The van der Waals surface area contributed by atoms with Crippen molar-refractivity contribution in [3.8, 4) is 11.4 Å². The van der Waals surface area contributed by atoms with E-state index in [-0.39, 0.29) is 36.4 Å². The number of amides is 4.